The van der Waals surface area contributed by atoms with Crippen LogP contribution < -0.4 is 0 Å². The average Bonchev–Trinajstić information content (AvgIpc) is 2.98. The van der Waals surface area contributed by atoms with Gasteiger partial charge in [-0.15, -0.1) is 0 Å². The van der Waals surface area contributed by atoms with E-state index >= 15 is 0 Å². The normalized spacial score (nSPS) is 42.9. The van der Waals surface area contributed by atoms with E-state index in [1.54, 1.807) is 13.8 Å². The number of carboxylic acids is 1. The summed E-state index contributed by atoms with van der Waals surface area (Å²) in [7, 11) is 0. The van der Waals surface area contributed by atoms with Gasteiger partial charge >= 0.3 is 5.97 Å². The van der Waals surface area contributed by atoms with E-state index < -0.39 is 28.2 Å². The Hall–Kier alpha value is -1.91. The van der Waals surface area contributed by atoms with E-state index in [2.05, 4.69) is 27.7 Å². The Bertz CT molecular complexity index is 937. The first-order valence-corrected chi connectivity index (χ1v) is 11.2. The zero-order valence-corrected chi connectivity index (χ0v) is 19.3. The first kappa shape index (κ1) is 21.3. The highest BCUT2D eigenvalue weighted by atomic mass is 16.5. The molecule has 0 aromatic rings. The molecule has 5 atom stereocenters. The van der Waals surface area contributed by atoms with Crippen LogP contribution in [0, 0.1) is 28.1 Å². The molecule has 3 aliphatic carbocycles. The highest BCUT2D eigenvalue weighted by Crippen LogP contribution is 2.70. The zero-order chi connectivity index (χ0) is 22.4. The minimum Gasteiger partial charge on any atom is -0.489 e. The molecule has 1 spiro atoms. The standard InChI is InChI=1S/C25H34O5/c1-13-8-9-16-22(4,5)17(26)10-11-24(16,7)25(13)12-23(6)15(3)18(21(28)29)19(27)14(2)20(23)30-25/h13,16H,8-12H2,1-7H3,(H,28,29). The Morgan fingerprint density at radius 2 is 1.73 bits per heavy atom. The summed E-state index contributed by atoms with van der Waals surface area (Å²) < 4.78 is 6.91. The Labute approximate surface area is 178 Å². The first-order chi connectivity index (χ1) is 13.7. The fourth-order valence-corrected chi connectivity index (χ4v) is 7.58. The lowest BCUT2D eigenvalue weighted by Gasteiger charge is -2.62. The molecule has 0 aromatic heterocycles. The molecule has 0 amide bonds. The molecule has 164 valence electrons. The van der Waals surface area contributed by atoms with Crippen molar-refractivity contribution in [2.45, 2.75) is 86.2 Å². The minimum absolute atomic E-state index is 0.108. The maximum Gasteiger partial charge on any atom is 0.339 e. The van der Waals surface area contributed by atoms with E-state index in [9.17, 15) is 19.5 Å². The minimum atomic E-state index is -1.16. The fraction of sp³-hybridized carbons (Fsp3) is 0.720. The topological polar surface area (TPSA) is 80.7 Å². The molecule has 0 radical (unpaired) electrons. The van der Waals surface area contributed by atoms with Gasteiger partial charge in [-0.1, -0.05) is 27.7 Å². The van der Waals surface area contributed by atoms with Crippen molar-refractivity contribution in [2.24, 2.45) is 28.1 Å². The number of hydrogen-bond acceptors (Lipinski definition) is 4. The number of carboxylic acid groups (broad SMARTS) is 1. The molecule has 1 N–H and O–H groups in total. The SMILES string of the molecule is CC1=C2OC3(CC2(C)C(C)=C(C(=O)O)C1=O)C(C)CCC1C(C)(C)C(=O)CCC13C. The van der Waals surface area contributed by atoms with Gasteiger partial charge in [0.05, 0.1) is 5.41 Å². The van der Waals surface area contributed by atoms with Crippen molar-refractivity contribution in [2.75, 3.05) is 0 Å². The lowest BCUT2D eigenvalue weighted by Crippen LogP contribution is -2.64. The summed E-state index contributed by atoms with van der Waals surface area (Å²) in [5.41, 5.74) is -0.853. The van der Waals surface area contributed by atoms with Crippen LogP contribution in [0.15, 0.2) is 22.5 Å². The van der Waals surface area contributed by atoms with Gasteiger partial charge in [-0.25, -0.2) is 4.79 Å². The van der Waals surface area contributed by atoms with Crippen molar-refractivity contribution in [3.8, 4) is 0 Å². The molecule has 4 aliphatic rings. The van der Waals surface area contributed by atoms with Gasteiger partial charge in [-0.05, 0) is 57.4 Å². The molecule has 3 fully saturated rings. The van der Waals surface area contributed by atoms with E-state index in [0.717, 1.165) is 19.3 Å². The average molecular weight is 415 g/mol. The second kappa shape index (κ2) is 6.08. The highest BCUT2D eigenvalue weighted by molar-refractivity contribution is 6.25. The van der Waals surface area contributed by atoms with Gasteiger partial charge in [0.1, 0.15) is 22.7 Å². The maximum absolute atomic E-state index is 12.9. The molecule has 0 bridgehead atoms. The monoisotopic (exact) mass is 414 g/mol. The van der Waals surface area contributed by atoms with Crippen LogP contribution in [0.25, 0.3) is 0 Å². The maximum atomic E-state index is 12.9. The third kappa shape index (κ3) is 2.27. The number of ether oxygens (including phenoxy) is 1. The first-order valence-electron chi connectivity index (χ1n) is 11.2. The molecule has 2 saturated carbocycles. The summed E-state index contributed by atoms with van der Waals surface area (Å²) in [5.74, 6) is -0.172. The van der Waals surface area contributed by atoms with E-state index in [1.807, 2.05) is 6.92 Å². The number of allylic oxidation sites excluding steroid dienone is 2. The number of carbonyl (C=O) groups is 3. The van der Waals surface area contributed by atoms with Crippen LogP contribution in [-0.4, -0.2) is 28.2 Å². The van der Waals surface area contributed by atoms with Gasteiger partial charge in [0.25, 0.3) is 0 Å². The molecule has 5 nitrogen and oxygen atoms in total. The van der Waals surface area contributed by atoms with E-state index in [4.69, 9.17) is 4.74 Å². The van der Waals surface area contributed by atoms with Gasteiger partial charge in [-0.2, -0.15) is 0 Å². The number of rotatable bonds is 1. The number of aliphatic carboxylic acids is 1. The van der Waals surface area contributed by atoms with Crippen molar-refractivity contribution >= 4 is 17.5 Å². The Morgan fingerprint density at radius 3 is 2.33 bits per heavy atom. The van der Waals surface area contributed by atoms with Crippen molar-refractivity contribution in [1.29, 1.82) is 0 Å². The number of carbonyl (C=O) groups excluding carboxylic acids is 2. The highest BCUT2D eigenvalue weighted by Gasteiger charge is 2.70. The van der Waals surface area contributed by atoms with Gasteiger partial charge in [0, 0.05) is 29.2 Å². The van der Waals surface area contributed by atoms with E-state index in [1.165, 1.54) is 0 Å². The summed E-state index contributed by atoms with van der Waals surface area (Å²) in [6.45, 7) is 14.2. The van der Waals surface area contributed by atoms with Crippen molar-refractivity contribution in [3.63, 3.8) is 0 Å². The molecule has 30 heavy (non-hydrogen) atoms. The molecule has 5 unspecified atom stereocenters. The smallest absolute Gasteiger partial charge is 0.339 e. The number of hydrogen-bond donors (Lipinski definition) is 1. The Morgan fingerprint density at radius 1 is 1.10 bits per heavy atom. The van der Waals surface area contributed by atoms with Crippen molar-refractivity contribution in [1.82, 2.24) is 0 Å². The Balaban J connectivity index is 1.92. The van der Waals surface area contributed by atoms with Crippen LogP contribution >= 0.6 is 0 Å². The third-order valence-corrected chi connectivity index (χ3v) is 9.61. The predicted molar refractivity (Wildman–Crippen MR) is 113 cm³/mol. The molecule has 5 heteroatoms. The van der Waals surface area contributed by atoms with Crippen LogP contribution in [0.2, 0.25) is 0 Å². The van der Waals surface area contributed by atoms with Gasteiger partial charge < -0.3 is 9.84 Å². The molecule has 0 aromatic carbocycles. The molecule has 1 saturated heterocycles. The van der Waals surface area contributed by atoms with Gasteiger partial charge in [-0.3, -0.25) is 9.59 Å². The van der Waals surface area contributed by atoms with E-state index in [0.29, 0.717) is 35.5 Å². The van der Waals surface area contributed by atoms with Crippen LogP contribution in [0.5, 0.6) is 0 Å². The molecular weight excluding hydrogens is 380 g/mol. The summed E-state index contributed by atoms with van der Waals surface area (Å²) in [6.07, 6.45) is 3.92. The number of Topliss-reactive ketones (excluding diaryl/α,β-unsaturated/α-hetero) is 2. The predicted octanol–water partition coefficient (Wildman–Crippen LogP) is 4.85. The van der Waals surface area contributed by atoms with Crippen molar-refractivity contribution in [3.05, 3.63) is 22.5 Å². The molecule has 4 rings (SSSR count). The molecular formula is C25H34O5. The van der Waals surface area contributed by atoms with Crippen LogP contribution in [0.3, 0.4) is 0 Å². The third-order valence-electron chi connectivity index (χ3n) is 9.61. The van der Waals surface area contributed by atoms with E-state index in [-0.39, 0.29) is 22.8 Å². The molecule has 1 heterocycles. The van der Waals surface area contributed by atoms with Gasteiger partial charge in [0.15, 0.2) is 5.78 Å². The lowest BCUT2D eigenvalue weighted by atomic mass is 9.43. The second-order valence-corrected chi connectivity index (χ2v) is 11.2. The van der Waals surface area contributed by atoms with Gasteiger partial charge in [0.2, 0.25) is 0 Å². The number of ketones is 2. The Kier molecular flexibility index (Phi) is 4.32. The van der Waals surface area contributed by atoms with Crippen LogP contribution in [0.4, 0.5) is 0 Å². The summed E-state index contributed by atoms with van der Waals surface area (Å²) in [5, 5.41) is 9.74. The van der Waals surface area contributed by atoms with Crippen LogP contribution in [-0.2, 0) is 19.1 Å². The summed E-state index contributed by atoms with van der Waals surface area (Å²) in [4.78, 5) is 37.6. The summed E-state index contributed by atoms with van der Waals surface area (Å²) >= 11 is 0. The van der Waals surface area contributed by atoms with Crippen molar-refractivity contribution < 1.29 is 24.2 Å². The zero-order valence-electron chi connectivity index (χ0n) is 19.3. The largest absolute Gasteiger partial charge is 0.489 e. The fourth-order valence-electron chi connectivity index (χ4n) is 7.58. The molecule has 1 aliphatic heterocycles. The quantitative estimate of drug-likeness (QED) is 0.620. The second-order valence-electron chi connectivity index (χ2n) is 11.2. The number of fused-ring (bicyclic) bond motifs is 3. The lowest BCUT2D eigenvalue weighted by molar-refractivity contribution is -0.202. The summed E-state index contributed by atoms with van der Waals surface area (Å²) in [6, 6.07) is 0. The van der Waals surface area contributed by atoms with Crippen LogP contribution in [0.1, 0.15) is 80.6 Å².